The average molecular weight is 330 g/mol. The normalized spacial score (nSPS) is 16.7. The van der Waals surface area contributed by atoms with E-state index in [1.54, 1.807) is 0 Å². The zero-order valence-corrected chi connectivity index (χ0v) is 13.5. The molecule has 8 heteroatoms. The van der Waals surface area contributed by atoms with E-state index in [0.29, 0.717) is 6.54 Å². The van der Waals surface area contributed by atoms with Crippen LogP contribution < -0.4 is 5.32 Å². The van der Waals surface area contributed by atoms with Crippen LogP contribution in [0.1, 0.15) is 18.0 Å². The van der Waals surface area contributed by atoms with E-state index in [4.69, 9.17) is 4.74 Å². The quantitative estimate of drug-likeness (QED) is 0.725. The van der Waals surface area contributed by atoms with Crippen LogP contribution in [0.25, 0.3) is 0 Å². The third-order valence-corrected chi connectivity index (χ3v) is 4.05. The van der Waals surface area contributed by atoms with Gasteiger partial charge in [-0.25, -0.2) is 4.68 Å². The minimum absolute atomic E-state index is 0.101. The van der Waals surface area contributed by atoms with Crippen molar-refractivity contribution in [3.8, 4) is 0 Å². The Morgan fingerprint density at radius 2 is 2.04 bits per heavy atom. The van der Waals surface area contributed by atoms with Crippen LogP contribution in [0, 0.1) is 0 Å². The number of benzene rings is 1. The SMILES string of the molecule is O=C(NCCCN1CCOCC1)[C@H](c1ccccc1)n1cnnn1. The summed E-state index contributed by atoms with van der Waals surface area (Å²) in [6, 6.07) is 8.97. The lowest BCUT2D eigenvalue weighted by molar-refractivity contribution is -0.123. The molecular formula is C16H22N6O2. The molecule has 0 bridgehead atoms. The molecule has 0 unspecified atom stereocenters. The Morgan fingerprint density at radius 3 is 2.75 bits per heavy atom. The lowest BCUT2D eigenvalue weighted by Crippen LogP contribution is -2.39. The largest absolute Gasteiger partial charge is 0.379 e. The van der Waals surface area contributed by atoms with Gasteiger partial charge in [0.1, 0.15) is 6.33 Å². The average Bonchev–Trinajstić information content (AvgIpc) is 3.15. The highest BCUT2D eigenvalue weighted by Gasteiger charge is 2.23. The van der Waals surface area contributed by atoms with Gasteiger partial charge in [-0.2, -0.15) is 0 Å². The van der Waals surface area contributed by atoms with Gasteiger partial charge in [0.25, 0.3) is 0 Å². The summed E-state index contributed by atoms with van der Waals surface area (Å²) < 4.78 is 6.81. The van der Waals surface area contributed by atoms with Gasteiger partial charge in [-0.1, -0.05) is 30.3 Å². The summed E-state index contributed by atoms with van der Waals surface area (Å²) in [6.07, 6.45) is 2.37. The molecule has 0 saturated carbocycles. The Balaban J connectivity index is 1.54. The molecule has 0 aliphatic carbocycles. The summed E-state index contributed by atoms with van der Waals surface area (Å²) in [7, 11) is 0. The van der Waals surface area contributed by atoms with Crippen LogP contribution in [-0.4, -0.2) is 70.4 Å². The lowest BCUT2D eigenvalue weighted by Gasteiger charge is -2.26. The van der Waals surface area contributed by atoms with E-state index in [1.807, 2.05) is 30.3 Å². The summed E-state index contributed by atoms with van der Waals surface area (Å²) in [5, 5.41) is 14.2. The number of amides is 1. The van der Waals surface area contributed by atoms with Gasteiger partial charge < -0.3 is 10.1 Å². The predicted molar refractivity (Wildman–Crippen MR) is 87.3 cm³/mol. The summed E-state index contributed by atoms with van der Waals surface area (Å²) in [6.45, 7) is 5.10. The number of hydrogen-bond donors (Lipinski definition) is 1. The molecule has 1 aliphatic rings. The van der Waals surface area contributed by atoms with E-state index in [1.165, 1.54) is 11.0 Å². The number of tetrazole rings is 1. The highest BCUT2D eigenvalue weighted by molar-refractivity contribution is 5.83. The summed E-state index contributed by atoms with van der Waals surface area (Å²) in [4.78, 5) is 15.0. The van der Waals surface area contributed by atoms with Crippen molar-refractivity contribution in [1.82, 2.24) is 30.4 Å². The van der Waals surface area contributed by atoms with E-state index in [-0.39, 0.29) is 5.91 Å². The van der Waals surface area contributed by atoms with E-state index < -0.39 is 6.04 Å². The van der Waals surface area contributed by atoms with Crippen molar-refractivity contribution in [3.05, 3.63) is 42.2 Å². The van der Waals surface area contributed by atoms with Crippen molar-refractivity contribution in [2.45, 2.75) is 12.5 Å². The topological polar surface area (TPSA) is 85.2 Å². The van der Waals surface area contributed by atoms with Gasteiger partial charge in [0, 0.05) is 19.6 Å². The molecule has 1 aromatic carbocycles. The second-order valence-electron chi connectivity index (χ2n) is 5.70. The Bertz CT molecular complexity index is 613. The number of aromatic nitrogens is 4. The first-order valence-corrected chi connectivity index (χ1v) is 8.20. The molecule has 0 spiro atoms. The maximum Gasteiger partial charge on any atom is 0.249 e. The number of nitrogens with one attached hydrogen (secondary N) is 1. The Morgan fingerprint density at radius 1 is 1.25 bits per heavy atom. The fourth-order valence-electron chi connectivity index (χ4n) is 2.78. The number of hydrogen-bond acceptors (Lipinski definition) is 6. The van der Waals surface area contributed by atoms with Crippen molar-refractivity contribution >= 4 is 5.91 Å². The second-order valence-corrected chi connectivity index (χ2v) is 5.70. The number of morpholine rings is 1. The number of ether oxygens (including phenoxy) is 1. The first-order valence-electron chi connectivity index (χ1n) is 8.20. The Kier molecular flexibility index (Phi) is 5.86. The summed E-state index contributed by atoms with van der Waals surface area (Å²) >= 11 is 0. The monoisotopic (exact) mass is 330 g/mol. The molecular weight excluding hydrogens is 308 g/mol. The molecule has 1 fully saturated rings. The van der Waals surface area contributed by atoms with Gasteiger partial charge in [-0.05, 0) is 29.0 Å². The number of carbonyl (C=O) groups excluding carboxylic acids is 1. The van der Waals surface area contributed by atoms with Crippen LogP contribution in [-0.2, 0) is 9.53 Å². The molecule has 8 nitrogen and oxygen atoms in total. The van der Waals surface area contributed by atoms with Crippen LogP contribution in [0.15, 0.2) is 36.7 Å². The maximum absolute atomic E-state index is 12.6. The predicted octanol–water partition coefficient (Wildman–Crippen LogP) is 0.101. The molecule has 1 amide bonds. The highest BCUT2D eigenvalue weighted by atomic mass is 16.5. The number of carbonyl (C=O) groups is 1. The van der Waals surface area contributed by atoms with Crippen LogP contribution >= 0.6 is 0 Å². The molecule has 1 aliphatic heterocycles. The number of rotatable bonds is 7. The molecule has 1 atom stereocenters. The van der Waals surface area contributed by atoms with E-state index in [9.17, 15) is 4.79 Å². The number of nitrogens with zero attached hydrogens (tertiary/aromatic N) is 5. The molecule has 1 N–H and O–H groups in total. The van der Waals surface area contributed by atoms with Gasteiger partial charge in [0.15, 0.2) is 6.04 Å². The first-order chi connectivity index (χ1) is 11.8. The first kappa shape index (κ1) is 16.5. The van der Waals surface area contributed by atoms with E-state index in [2.05, 4.69) is 25.7 Å². The third-order valence-electron chi connectivity index (χ3n) is 4.05. The van der Waals surface area contributed by atoms with Crippen molar-refractivity contribution in [2.24, 2.45) is 0 Å². The van der Waals surface area contributed by atoms with Crippen LogP contribution in [0.4, 0.5) is 0 Å². The van der Waals surface area contributed by atoms with Gasteiger partial charge >= 0.3 is 0 Å². The van der Waals surface area contributed by atoms with E-state index in [0.717, 1.165) is 44.8 Å². The molecule has 24 heavy (non-hydrogen) atoms. The Hall–Kier alpha value is -2.32. The van der Waals surface area contributed by atoms with Gasteiger partial charge in [-0.3, -0.25) is 9.69 Å². The molecule has 0 radical (unpaired) electrons. The van der Waals surface area contributed by atoms with Crippen LogP contribution in [0.3, 0.4) is 0 Å². The summed E-state index contributed by atoms with van der Waals surface area (Å²) in [5.41, 5.74) is 0.857. The molecule has 1 saturated heterocycles. The van der Waals surface area contributed by atoms with Crippen molar-refractivity contribution in [2.75, 3.05) is 39.4 Å². The molecule has 1 aromatic heterocycles. The van der Waals surface area contributed by atoms with Crippen LogP contribution in [0.5, 0.6) is 0 Å². The fraction of sp³-hybridized carbons (Fsp3) is 0.500. The zero-order chi connectivity index (χ0) is 16.6. The van der Waals surface area contributed by atoms with Crippen LogP contribution in [0.2, 0.25) is 0 Å². The molecule has 128 valence electrons. The molecule has 2 aromatic rings. The second kappa shape index (κ2) is 8.51. The lowest BCUT2D eigenvalue weighted by atomic mass is 10.1. The third kappa shape index (κ3) is 4.36. The highest BCUT2D eigenvalue weighted by Crippen LogP contribution is 2.16. The van der Waals surface area contributed by atoms with Gasteiger partial charge in [0.05, 0.1) is 13.2 Å². The smallest absolute Gasteiger partial charge is 0.249 e. The fourth-order valence-corrected chi connectivity index (χ4v) is 2.78. The molecule has 2 heterocycles. The minimum atomic E-state index is -0.551. The van der Waals surface area contributed by atoms with Crippen molar-refractivity contribution in [3.63, 3.8) is 0 Å². The standard InChI is InChI=1S/C16H22N6O2/c23-16(17-7-4-8-21-9-11-24-12-10-21)15(22-13-18-19-20-22)14-5-2-1-3-6-14/h1-3,5-6,13,15H,4,7-12H2,(H,17,23)/t15-/m0/s1. The molecule has 3 rings (SSSR count). The summed E-state index contributed by atoms with van der Waals surface area (Å²) in [5.74, 6) is -0.101. The van der Waals surface area contributed by atoms with Gasteiger partial charge in [0.2, 0.25) is 5.91 Å². The maximum atomic E-state index is 12.6. The zero-order valence-electron chi connectivity index (χ0n) is 13.5. The Labute approximate surface area is 140 Å². The van der Waals surface area contributed by atoms with E-state index >= 15 is 0 Å². The van der Waals surface area contributed by atoms with Crippen molar-refractivity contribution < 1.29 is 9.53 Å². The van der Waals surface area contributed by atoms with Crippen molar-refractivity contribution in [1.29, 1.82) is 0 Å². The minimum Gasteiger partial charge on any atom is -0.379 e. The van der Waals surface area contributed by atoms with Gasteiger partial charge in [-0.15, -0.1) is 5.10 Å².